The fourth-order valence-corrected chi connectivity index (χ4v) is 2.04. The molecule has 0 bridgehead atoms. The number of nitrogens with one attached hydrogen (secondary N) is 1. The molecule has 0 aromatic carbocycles. The largest absolute Gasteiger partial charge is 0.396 e. The maximum Gasteiger partial charge on any atom is 0.0431 e. The van der Waals surface area contributed by atoms with Crippen molar-refractivity contribution in [2.45, 2.75) is 51.4 Å². The number of aliphatic hydroxyl groups excluding tert-OH is 1. The highest BCUT2D eigenvalue weighted by atomic mass is 16.2. The molecule has 0 atom stereocenters. The van der Waals surface area contributed by atoms with Gasteiger partial charge in [-0.05, 0) is 64.5 Å². The molecule has 0 aromatic heterocycles. The lowest BCUT2D eigenvalue weighted by molar-refractivity contribution is 0.283. The topological polar surface area (TPSA) is 32.3 Å². The maximum atomic E-state index is 8.61. The van der Waals surface area contributed by atoms with Crippen molar-refractivity contribution in [3.05, 3.63) is 11.6 Å². The van der Waals surface area contributed by atoms with Gasteiger partial charge in [0.15, 0.2) is 0 Å². The fourth-order valence-electron chi connectivity index (χ4n) is 2.04. The van der Waals surface area contributed by atoms with Gasteiger partial charge in [0.05, 0.1) is 0 Å². The van der Waals surface area contributed by atoms with E-state index in [4.69, 9.17) is 5.11 Å². The third kappa shape index (κ3) is 6.69. The van der Waals surface area contributed by atoms with Crippen LogP contribution in [0.5, 0.6) is 0 Å². The van der Waals surface area contributed by atoms with Crippen LogP contribution in [0.15, 0.2) is 11.6 Å². The normalized spacial score (nSPS) is 16.5. The molecule has 88 valence electrons. The summed E-state index contributed by atoms with van der Waals surface area (Å²) < 4.78 is 0. The van der Waals surface area contributed by atoms with Crippen LogP contribution in [0.2, 0.25) is 0 Å². The van der Waals surface area contributed by atoms with Gasteiger partial charge in [0.25, 0.3) is 0 Å². The lowest BCUT2D eigenvalue weighted by Crippen LogP contribution is -2.17. The van der Waals surface area contributed by atoms with Gasteiger partial charge in [0.2, 0.25) is 0 Å². The summed E-state index contributed by atoms with van der Waals surface area (Å²) >= 11 is 0. The van der Waals surface area contributed by atoms with E-state index in [1.807, 2.05) is 0 Å². The molecule has 0 aromatic rings. The first-order valence-electron chi connectivity index (χ1n) is 6.43. The summed E-state index contributed by atoms with van der Waals surface area (Å²) in [7, 11) is 0. The first-order chi connectivity index (χ1) is 7.43. The van der Waals surface area contributed by atoms with E-state index in [2.05, 4.69) is 11.4 Å². The minimum absolute atomic E-state index is 0.340. The molecule has 1 rings (SSSR count). The SMILES string of the molecule is OCCCCCNCCC1=CCCCC1. The van der Waals surface area contributed by atoms with Crippen LogP contribution in [0.1, 0.15) is 51.4 Å². The van der Waals surface area contributed by atoms with Crippen LogP contribution in [0.4, 0.5) is 0 Å². The molecule has 0 aliphatic heterocycles. The van der Waals surface area contributed by atoms with Crippen molar-refractivity contribution < 1.29 is 5.11 Å². The first kappa shape index (κ1) is 12.7. The molecular formula is C13H25NO. The maximum absolute atomic E-state index is 8.61. The van der Waals surface area contributed by atoms with Crippen LogP contribution >= 0.6 is 0 Å². The molecule has 15 heavy (non-hydrogen) atoms. The van der Waals surface area contributed by atoms with Crippen molar-refractivity contribution >= 4 is 0 Å². The smallest absolute Gasteiger partial charge is 0.0431 e. The second-order valence-corrected chi connectivity index (χ2v) is 4.39. The Hall–Kier alpha value is -0.340. The highest BCUT2D eigenvalue weighted by Gasteiger charge is 2.02. The number of hydrogen-bond donors (Lipinski definition) is 2. The standard InChI is InChI=1S/C13H25NO/c15-12-6-2-5-10-14-11-9-13-7-3-1-4-8-13/h7,14-15H,1-6,8-12H2. The molecule has 1 aliphatic carbocycles. The van der Waals surface area contributed by atoms with Gasteiger partial charge >= 0.3 is 0 Å². The molecule has 0 spiro atoms. The second kappa shape index (κ2) is 8.93. The number of hydrogen-bond acceptors (Lipinski definition) is 2. The molecular weight excluding hydrogens is 186 g/mol. The fraction of sp³-hybridized carbons (Fsp3) is 0.846. The van der Waals surface area contributed by atoms with Gasteiger partial charge in [-0.25, -0.2) is 0 Å². The Balaban J connectivity index is 1.86. The van der Waals surface area contributed by atoms with E-state index < -0.39 is 0 Å². The van der Waals surface area contributed by atoms with Crippen LogP contribution < -0.4 is 5.32 Å². The molecule has 0 unspecified atom stereocenters. The number of rotatable bonds is 8. The Morgan fingerprint density at radius 1 is 1.13 bits per heavy atom. The van der Waals surface area contributed by atoms with Gasteiger partial charge < -0.3 is 10.4 Å². The predicted molar refractivity (Wildman–Crippen MR) is 65.0 cm³/mol. The van der Waals surface area contributed by atoms with E-state index in [9.17, 15) is 0 Å². The molecule has 1 aliphatic rings. The molecule has 0 saturated heterocycles. The minimum atomic E-state index is 0.340. The Morgan fingerprint density at radius 3 is 2.80 bits per heavy atom. The lowest BCUT2D eigenvalue weighted by Gasteiger charge is -2.12. The van der Waals surface area contributed by atoms with Gasteiger partial charge in [-0.15, -0.1) is 0 Å². The molecule has 0 saturated carbocycles. The van der Waals surface area contributed by atoms with Crippen molar-refractivity contribution in [3.63, 3.8) is 0 Å². The third-order valence-electron chi connectivity index (χ3n) is 3.02. The zero-order valence-electron chi connectivity index (χ0n) is 9.80. The van der Waals surface area contributed by atoms with Gasteiger partial charge in [-0.2, -0.15) is 0 Å². The second-order valence-electron chi connectivity index (χ2n) is 4.39. The monoisotopic (exact) mass is 211 g/mol. The van der Waals surface area contributed by atoms with Crippen LogP contribution in [0.3, 0.4) is 0 Å². The van der Waals surface area contributed by atoms with Crippen molar-refractivity contribution in [2.24, 2.45) is 0 Å². The van der Waals surface area contributed by atoms with E-state index in [-0.39, 0.29) is 0 Å². The summed E-state index contributed by atoms with van der Waals surface area (Å²) in [5.74, 6) is 0. The number of unbranched alkanes of at least 4 members (excludes halogenated alkanes) is 2. The average molecular weight is 211 g/mol. The predicted octanol–water partition coefficient (Wildman–Crippen LogP) is 2.63. The van der Waals surface area contributed by atoms with E-state index in [1.165, 1.54) is 38.5 Å². The van der Waals surface area contributed by atoms with E-state index in [0.29, 0.717) is 6.61 Å². The highest BCUT2D eigenvalue weighted by Crippen LogP contribution is 2.19. The van der Waals surface area contributed by atoms with E-state index in [0.717, 1.165) is 25.9 Å². The molecule has 2 N–H and O–H groups in total. The zero-order valence-corrected chi connectivity index (χ0v) is 9.80. The quantitative estimate of drug-likeness (QED) is 0.478. The molecule has 0 radical (unpaired) electrons. The van der Waals surface area contributed by atoms with Crippen molar-refractivity contribution in [2.75, 3.05) is 19.7 Å². The Labute approximate surface area is 93.8 Å². The summed E-state index contributed by atoms with van der Waals surface area (Å²) in [6.45, 7) is 2.57. The van der Waals surface area contributed by atoms with Crippen molar-refractivity contribution in [1.29, 1.82) is 0 Å². The van der Waals surface area contributed by atoms with Crippen molar-refractivity contribution in [1.82, 2.24) is 5.32 Å². The Bertz CT molecular complexity index is 177. The Morgan fingerprint density at radius 2 is 2.07 bits per heavy atom. The van der Waals surface area contributed by atoms with Crippen LogP contribution in [-0.2, 0) is 0 Å². The third-order valence-corrected chi connectivity index (χ3v) is 3.02. The van der Waals surface area contributed by atoms with Crippen LogP contribution in [0.25, 0.3) is 0 Å². The Kier molecular flexibility index (Phi) is 7.58. The van der Waals surface area contributed by atoms with Gasteiger partial charge in [-0.1, -0.05) is 11.6 Å². The van der Waals surface area contributed by atoms with Gasteiger partial charge in [-0.3, -0.25) is 0 Å². The first-order valence-corrected chi connectivity index (χ1v) is 6.43. The summed E-state index contributed by atoms with van der Waals surface area (Å²) in [4.78, 5) is 0. The molecule has 2 nitrogen and oxygen atoms in total. The zero-order chi connectivity index (χ0) is 10.8. The minimum Gasteiger partial charge on any atom is -0.396 e. The summed E-state index contributed by atoms with van der Waals surface area (Å²) in [6, 6.07) is 0. The van der Waals surface area contributed by atoms with Crippen LogP contribution in [-0.4, -0.2) is 24.8 Å². The number of aliphatic hydroxyl groups is 1. The molecule has 0 heterocycles. The number of allylic oxidation sites excluding steroid dienone is 1. The average Bonchev–Trinajstić information content (AvgIpc) is 2.29. The molecule has 0 amide bonds. The summed E-state index contributed by atoms with van der Waals surface area (Å²) in [5, 5.41) is 12.1. The molecule has 2 heteroatoms. The summed E-state index contributed by atoms with van der Waals surface area (Å²) in [6.07, 6.45) is 12.4. The van der Waals surface area contributed by atoms with Gasteiger partial charge in [0.1, 0.15) is 0 Å². The lowest BCUT2D eigenvalue weighted by atomic mass is 9.97. The highest BCUT2D eigenvalue weighted by molar-refractivity contribution is 5.04. The summed E-state index contributed by atoms with van der Waals surface area (Å²) in [5.41, 5.74) is 1.66. The van der Waals surface area contributed by atoms with Crippen LogP contribution in [0, 0.1) is 0 Å². The van der Waals surface area contributed by atoms with E-state index >= 15 is 0 Å². The molecule has 0 fully saturated rings. The van der Waals surface area contributed by atoms with Crippen molar-refractivity contribution in [3.8, 4) is 0 Å². The van der Waals surface area contributed by atoms with Gasteiger partial charge in [0, 0.05) is 6.61 Å². The van der Waals surface area contributed by atoms with E-state index in [1.54, 1.807) is 5.57 Å².